The van der Waals surface area contributed by atoms with Gasteiger partial charge in [0.25, 0.3) is 0 Å². The van der Waals surface area contributed by atoms with Crippen LogP contribution in [0.15, 0.2) is 12.3 Å². The molecule has 0 radical (unpaired) electrons. The Morgan fingerprint density at radius 1 is 1.33 bits per heavy atom. The maximum Gasteiger partial charge on any atom is 0.142 e. The van der Waals surface area contributed by atoms with Crippen molar-refractivity contribution >= 4 is 5.82 Å². The molecule has 2 N–H and O–H groups in total. The number of rotatable bonds is 5. The largest absolute Gasteiger partial charge is 0.395 e. The molecule has 0 aliphatic heterocycles. The van der Waals surface area contributed by atoms with Gasteiger partial charge in [-0.3, -0.25) is 0 Å². The van der Waals surface area contributed by atoms with Crippen LogP contribution >= 0.6 is 0 Å². The number of aliphatic hydroxyl groups excluding tert-OH is 2. The summed E-state index contributed by atoms with van der Waals surface area (Å²) in [6, 6.07) is 1.64. The minimum Gasteiger partial charge on any atom is -0.395 e. The van der Waals surface area contributed by atoms with Crippen LogP contribution in [-0.2, 0) is 6.61 Å². The lowest BCUT2D eigenvalue weighted by Crippen LogP contribution is -2.37. The Labute approximate surface area is 106 Å². The normalized spacial score (nSPS) is 16.2. The Kier molecular flexibility index (Phi) is 4.49. The molecule has 0 spiro atoms. The van der Waals surface area contributed by atoms with Crippen molar-refractivity contribution in [2.75, 3.05) is 18.1 Å². The van der Waals surface area contributed by atoms with Gasteiger partial charge in [-0.1, -0.05) is 12.8 Å². The molecule has 1 heterocycles. The van der Waals surface area contributed by atoms with E-state index in [4.69, 9.17) is 0 Å². The van der Waals surface area contributed by atoms with E-state index in [2.05, 4.69) is 4.98 Å². The van der Waals surface area contributed by atoms with Gasteiger partial charge < -0.3 is 15.1 Å². The van der Waals surface area contributed by atoms with Crippen LogP contribution in [0.1, 0.15) is 31.2 Å². The molecule has 1 fully saturated rings. The van der Waals surface area contributed by atoms with Crippen molar-refractivity contribution < 1.29 is 14.6 Å². The van der Waals surface area contributed by atoms with Crippen molar-refractivity contribution in [3.05, 3.63) is 23.6 Å². The molecule has 0 atom stereocenters. The first-order chi connectivity index (χ1) is 8.76. The van der Waals surface area contributed by atoms with Crippen LogP contribution in [-0.4, -0.2) is 34.4 Å². The number of pyridine rings is 1. The molecule has 2 rings (SSSR count). The van der Waals surface area contributed by atoms with Crippen molar-refractivity contribution in [2.45, 2.75) is 38.3 Å². The number of halogens is 1. The fraction of sp³-hybridized carbons (Fsp3) is 0.615. The van der Waals surface area contributed by atoms with Crippen LogP contribution in [0.3, 0.4) is 0 Å². The first-order valence-corrected chi connectivity index (χ1v) is 6.39. The Bertz CT molecular complexity index is 395. The number of hydrogen-bond donors (Lipinski definition) is 2. The zero-order chi connectivity index (χ0) is 13.0. The standard InChI is InChI=1S/C13H19FN2O2/c14-11-7-10(9-18)13(15-8-11)16(5-6-17)12-3-1-2-4-12/h7-8,12,17-18H,1-6,9H2. The molecule has 1 aromatic rings. The van der Waals surface area contributed by atoms with E-state index in [1.54, 1.807) is 0 Å². The molecule has 0 unspecified atom stereocenters. The van der Waals surface area contributed by atoms with Crippen LogP contribution in [0.2, 0.25) is 0 Å². The summed E-state index contributed by atoms with van der Waals surface area (Å²) in [5.74, 6) is 0.151. The molecular formula is C13H19FN2O2. The lowest BCUT2D eigenvalue weighted by Gasteiger charge is -2.30. The highest BCUT2D eigenvalue weighted by Gasteiger charge is 2.25. The van der Waals surface area contributed by atoms with Crippen molar-refractivity contribution in [3.8, 4) is 0 Å². The second kappa shape index (κ2) is 6.11. The molecule has 1 aromatic heterocycles. The van der Waals surface area contributed by atoms with Gasteiger partial charge in [0, 0.05) is 18.2 Å². The summed E-state index contributed by atoms with van der Waals surface area (Å²) in [4.78, 5) is 6.09. The molecule has 0 saturated heterocycles. The van der Waals surface area contributed by atoms with E-state index < -0.39 is 5.82 Å². The van der Waals surface area contributed by atoms with Crippen molar-refractivity contribution in [2.24, 2.45) is 0 Å². The van der Waals surface area contributed by atoms with E-state index in [9.17, 15) is 14.6 Å². The van der Waals surface area contributed by atoms with Crippen LogP contribution < -0.4 is 4.90 Å². The number of aromatic nitrogens is 1. The second-order valence-electron chi connectivity index (χ2n) is 4.65. The predicted molar refractivity (Wildman–Crippen MR) is 66.8 cm³/mol. The third kappa shape index (κ3) is 2.79. The lowest BCUT2D eigenvalue weighted by atomic mass is 10.1. The topological polar surface area (TPSA) is 56.6 Å². The second-order valence-corrected chi connectivity index (χ2v) is 4.65. The van der Waals surface area contributed by atoms with Gasteiger partial charge in [-0.25, -0.2) is 9.37 Å². The molecule has 1 aliphatic rings. The van der Waals surface area contributed by atoms with Gasteiger partial charge >= 0.3 is 0 Å². The van der Waals surface area contributed by atoms with Crippen LogP contribution in [0.25, 0.3) is 0 Å². The average molecular weight is 254 g/mol. The molecule has 0 aromatic carbocycles. The molecule has 5 heteroatoms. The van der Waals surface area contributed by atoms with Crippen molar-refractivity contribution in [3.63, 3.8) is 0 Å². The molecule has 1 aliphatic carbocycles. The highest BCUT2D eigenvalue weighted by Crippen LogP contribution is 2.29. The summed E-state index contributed by atoms with van der Waals surface area (Å²) in [5.41, 5.74) is 0.482. The van der Waals surface area contributed by atoms with Gasteiger partial charge in [-0.05, 0) is 18.9 Å². The number of aliphatic hydroxyl groups is 2. The SMILES string of the molecule is OCCN(c1ncc(F)cc1CO)C1CCCC1. The maximum absolute atomic E-state index is 13.1. The fourth-order valence-electron chi connectivity index (χ4n) is 2.63. The molecular weight excluding hydrogens is 235 g/mol. The smallest absolute Gasteiger partial charge is 0.142 e. The number of anilines is 1. The zero-order valence-electron chi connectivity index (χ0n) is 10.3. The Morgan fingerprint density at radius 3 is 2.67 bits per heavy atom. The predicted octanol–water partition coefficient (Wildman–Crippen LogP) is 1.45. The molecule has 0 amide bonds. The van der Waals surface area contributed by atoms with Crippen molar-refractivity contribution in [1.29, 1.82) is 0 Å². The van der Waals surface area contributed by atoms with Gasteiger partial charge in [0.2, 0.25) is 0 Å². The van der Waals surface area contributed by atoms with Crippen LogP contribution in [0, 0.1) is 5.82 Å². The molecule has 0 bridgehead atoms. The van der Waals surface area contributed by atoms with E-state index in [0.29, 0.717) is 24.0 Å². The van der Waals surface area contributed by atoms with Gasteiger partial charge in [0.1, 0.15) is 11.6 Å². The minimum atomic E-state index is -0.446. The first kappa shape index (κ1) is 13.2. The van der Waals surface area contributed by atoms with Crippen LogP contribution in [0.5, 0.6) is 0 Å². The lowest BCUT2D eigenvalue weighted by molar-refractivity contribution is 0.278. The zero-order valence-corrected chi connectivity index (χ0v) is 10.3. The van der Waals surface area contributed by atoms with Gasteiger partial charge in [-0.15, -0.1) is 0 Å². The third-order valence-corrected chi connectivity index (χ3v) is 3.46. The molecule has 1 saturated carbocycles. The van der Waals surface area contributed by atoms with E-state index in [1.807, 2.05) is 4.90 Å². The monoisotopic (exact) mass is 254 g/mol. The summed E-state index contributed by atoms with van der Waals surface area (Å²) in [6.45, 7) is 0.255. The average Bonchev–Trinajstić information content (AvgIpc) is 2.90. The summed E-state index contributed by atoms with van der Waals surface area (Å²) < 4.78 is 13.1. The number of hydrogen-bond acceptors (Lipinski definition) is 4. The molecule has 100 valence electrons. The minimum absolute atomic E-state index is 0.0282. The first-order valence-electron chi connectivity index (χ1n) is 6.39. The summed E-state index contributed by atoms with van der Waals surface area (Å²) in [7, 11) is 0. The van der Waals surface area contributed by atoms with E-state index in [-0.39, 0.29) is 13.2 Å². The summed E-state index contributed by atoms with van der Waals surface area (Å²) >= 11 is 0. The van der Waals surface area contributed by atoms with Crippen LogP contribution in [0.4, 0.5) is 10.2 Å². The van der Waals surface area contributed by atoms with Crippen molar-refractivity contribution in [1.82, 2.24) is 4.98 Å². The molecule has 18 heavy (non-hydrogen) atoms. The van der Waals surface area contributed by atoms with E-state index >= 15 is 0 Å². The third-order valence-electron chi connectivity index (χ3n) is 3.46. The Balaban J connectivity index is 2.28. The Hall–Kier alpha value is -1.20. The maximum atomic E-state index is 13.1. The van der Waals surface area contributed by atoms with Gasteiger partial charge in [0.05, 0.1) is 19.4 Å². The molecule has 4 nitrogen and oxygen atoms in total. The highest BCUT2D eigenvalue weighted by atomic mass is 19.1. The van der Waals surface area contributed by atoms with E-state index in [0.717, 1.165) is 19.0 Å². The number of nitrogens with zero attached hydrogens (tertiary/aromatic N) is 2. The quantitative estimate of drug-likeness (QED) is 0.835. The van der Waals surface area contributed by atoms with E-state index in [1.165, 1.54) is 18.9 Å². The fourth-order valence-corrected chi connectivity index (χ4v) is 2.63. The van der Waals surface area contributed by atoms with Gasteiger partial charge in [-0.2, -0.15) is 0 Å². The Morgan fingerprint density at radius 2 is 2.06 bits per heavy atom. The summed E-state index contributed by atoms with van der Waals surface area (Å²) in [6.07, 6.45) is 5.62. The highest BCUT2D eigenvalue weighted by molar-refractivity contribution is 5.47. The summed E-state index contributed by atoms with van der Waals surface area (Å²) in [5, 5.41) is 18.5. The van der Waals surface area contributed by atoms with Gasteiger partial charge in [0.15, 0.2) is 0 Å².